The van der Waals surface area contributed by atoms with Gasteiger partial charge in [-0.2, -0.15) is 0 Å². The molecule has 4 heteroatoms. The molecule has 0 unspecified atom stereocenters. The average Bonchev–Trinajstić information content (AvgIpc) is 2.05. The van der Waals surface area contributed by atoms with Gasteiger partial charge in [0.05, 0.1) is 6.61 Å². The Morgan fingerprint density at radius 2 is 2.25 bits per heavy atom. The summed E-state index contributed by atoms with van der Waals surface area (Å²) in [4.78, 5) is 0. The standard InChI is InChI=1S/C8H18N2OS/c1-4-7(2)10-8(12)9-5-6-11-3/h7H,4-6H2,1-3H3,(H2,9,10,12)/t7-/m0/s1. The lowest BCUT2D eigenvalue weighted by Gasteiger charge is -2.14. The fraction of sp³-hybridized carbons (Fsp3) is 0.875. The van der Waals surface area contributed by atoms with Crippen molar-refractivity contribution in [2.45, 2.75) is 26.3 Å². The quantitative estimate of drug-likeness (QED) is 0.498. The molecule has 0 aliphatic heterocycles. The van der Waals surface area contributed by atoms with Crippen molar-refractivity contribution in [1.29, 1.82) is 0 Å². The number of nitrogens with one attached hydrogen (secondary N) is 2. The number of rotatable bonds is 5. The molecule has 2 N–H and O–H groups in total. The van der Waals surface area contributed by atoms with E-state index in [1.54, 1.807) is 7.11 Å². The molecule has 72 valence electrons. The van der Waals surface area contributed by atoms with E-state index in [9.17, 15) is 0 Å². The van der Waals surface area contributed by atoms with E-state index in [0.717, 1.165) is 13.0 Å². The molecule has 0 amide bonds. The smallest absolute Gasteiger partial charge is 0.166 e. The Balaban J connectivity index is 3.33. The van der Waals surface area contributed by atoms with Gasteiger partial charge in [-0.1, -0.05) is 6.92 Å². The molecule has 0 fully saturated rings. The second-order valence-electron chi connectivity index (χ2n) is 2.70. The van der Waals surface area contributed by atoms with Crippen LogP contribution in [0.5, 0.6) is 0 Å². The van der Waals surface area contributed by atoms with Crippen molar-refractivity contribution in [3.05, 3.63) is 0 Å². The van der Waals surface area contributed by atoms with Crippen LogP contribution in [0.1, 0.15) is 20.3 Å². The van der Waals surface area contributed by atoms with Gasteiger partial charge in [0, 0.05) is 19.7 Å². The van der Waals surface area contributed by atoms with Crippen molar-refractivity contribution in [3.8, 4) is 0 Å². The Kier molecular flexibility index (Phi) is 7.09. The van der Waals surface area contributed by atoms with Gasteiger partial charge in [-0.15, -0.1) is 0 Å². The molecular weight excluding hydrogens is 172 g/mol. The van der Waals surface area contributed by atoms with Gasteiger partial charge in [0.25, 0.3) is 0 Å². The van der Waals surface area contributed by atoms with Crippen molar-refractivity contribution in [3.63, 3.8) is 0 Å². The molecule has 0 saturated heterocycles. The van der Waals surface area contributed by atoms with E-state index in [1.165, 1.54) is 0 Å². The Hall–Kier alpha value is -0.350. The molecule has 0 aliphatic rings. The molecular formula is C8H18N2OS. The van der Waals surface area contributed by atoms with Crippen LogP contribution in [0, 0.1) is 0 Å². The number of thiocarbonyl (C=S) groups is 1. The fourth-order valence-corrected chi connectivity index (χ4v) is 0.947. The highest BCUT2D eigenvalue weighted by molar-refractivity contribution is 7.80. The van der Waals surface area contributed by atoms with Crippen LogP contribution in [0.2, 0.25) is 0 Å². The second-order valence-corrected chi connectivity index (χ2v) is 3.11. The number of methoxy groups -OCH3 is 1. The first-order valence-corrected chi connectivity index (χ1v) is 4.64. The maximum Gasteiger partial charge on any atom is 0.166 e. The van der Waals surface area contributed by atoms with Crippen molar-refractivity contribution in [2.75, 3.05) is 20.3 Å². The first-order chi connectivity index (χ1) is 5.70. The summed E-state index contributed by atoms with van der Waals surface area (Å²) in [5, 5.41) is 6.91. The summed E-state index contributed by atoms with van der Waals surface area (Å²) < 4.78 is 4.87. The van der Waals surface area contributed by atoms with E-state index in [4.69, 9.17) is 17.0 Å². The Morgan fingerprint density at radius 1 is 1.58 bits per heavy atom. The highest BCUT2D eigenvalue weighted by Gasteiger charge is 1.99. The van der Waals surface area contributed by atoms with Gasteiger partial charge in [-0.05, 0) is 25.6 Å². The van der Waals surface area contributed by atoms with Crippen LogP contribution in [-0.2, 0) is 4.74 Å². The summed E-state index contributed by atoms with van der Waals surface area (Å²) in [6.07, 6.45) is 1.08. The maximum atomic E-state index is 5.03. The maximum absolute atomic E-state index is 5.03. The van der Waals surface area contributed by atoms with Gasteiger partial charge in [0.1, 0.15) is 0 Å². The van der Waals surface area contributed by atoms with Crippen molar-refractivity contribution in [1.82, 2.24) is 10.6 Å². The second kappa shape index (κ2) is 7.31. The number of hydrogen-bond donors (Lipinski definition) is 2. The minimum Gasteiger partial charge on any atom is -0.383 e. The molecule has 0 rings (SSSR count). The zero-order chi connectivity index (χ0) is 9.40. The molecule has 1 atom stereocenters. The van der Waals surface area contributed by atoms with Gasteiger partial charge in [-0.3, -0.25) is 0 Å². The third-order valence-electron chi connectivity index (χ3n) is 1.58. The largest absolute Gasteiger partial charge is 0.383 e. The van der Waals surface area contributed by atoms with Crippen LogP contribution in [0.4, 0.5) is 0 Å². The third kappa shape index (κ3) is 6.37. The fourth-order valence-electron chi connectivity index (χ4n) is 0.644. The van der Waals surface area contributed by atoms with E-state index in [0.29, 0.717) is 17.8 Å². The molecule has 0 aromatic heterocycles. The predicted molar refractivity (Wildman–Crippen MR) is 55.4 cm³/mol. The third-order valence-corrected chi connectivity index (χ3v) is 1.84. The Labute approximate surface area is 79.9 Å². The first-order valence-electron chi connectivity index (χ1n) is 4.24. The lowest BCUT2D eigenvalue weighted by molar-refractivity contribution is 0.204. The number of ether oxygens (including phenoxy) is 1. The van der Waals surface area contributed by atoms with Crippen molar-refractivity contribution in [2.24, 2.45) is 0 Å². The molecule has 0 saturated carbocycles. The zero-order valence-electron chi connectivity index (χ0n) is 8.02. The minimum atomic E-state index is 0.438. The van der Waals surface area contributed by atoms with E-state index < -0.39 is 0 Å². The van der Waals surface area contributed by atoms with E-state index >= 15 is 0 Å². The highest BCUT2D eigenvalue weighted by atomic mass is 32.1. The van der Waals surface area contributed by atoms with Gasteiger partial charge in [0.2, 0.25) is 0 Å². The molecule has 0 aromatic carbocycles. The molecule has 12 heavy (non-hydrogen) atoms. The average molecular weight is 190 g/mol. The summed E-state index contributed by atoms with van der Waals surface area (Å²) in [6.45, 7) is 5.67. The van der Waals surface area contributed by atoms with Crippen LogP contribution in [0.15, 0.2) is 0 Å². The lowest BCUT2D eigenvalue weighted by atomic mass is 10.3. The molecule has 0 aliphatic carbocycles. The van der Waals surface area contributed by atoms with Crippen LogP contribution < -0.4 is 10.6 Å². The highest BCUT2D eigenvalue weighted by Crippen LogP contribution is 1.86. The van der Waals surface area contributed by atoms with Crippen LogP contribution >= 0.6 is 12.2 Å². The molecule has 0 heterocycles. The summed E-state index contributed by atoms with van der Waals surface area (Å²) in [5.41, 5.74) is 0. The normalized spacial score (nSPS) is 12.2. The molecule has 3 nitrogen and oxygen atoms in total. The Bertz CT molecular complexity index is 130. The zero-order valence-corrected chi connectivity index (χ0v) is 8.83. The first kappa shape index (κ1) is 11.6. The van der Waals surface area contributed by atoms with E-state index in [-0.39, 0.29) is 0 Å². The van der Waals surface area contributed by atoms with Crippen LogP contribution in [-0.4, -0.2) is 31.4 Å². The lowest BCUT2D eigenvalue weighted by Crippen LogP contribution is -2.41. The predicted octanol–water partition coefficient (Wildman–Crippen LogP) is 0.895. The molecule has 0 aromatic rings. The molecule has 0 spiro atoms. The van der Waals surface area contributed by atoms with E-state index in [1.807, 2.05) is 0 Å². The van der Waals surface area contributed by atoms with Gasteiger partial charge < -0.3 is 15.4 Å². The molecule has 0 bridgehead atoms. The molecule has 0 radical (unpaired) electrons. The van der Waals surface area contributed by atoms with Crippen molar-refractivity contribution < 1.29 is 4.74 Å². The number of hydrogen-bond acceptors (Lipinski definition) is 2. The van der Waals surface area contributed by atoms with E-state index in [2.05, 4.69) is 24.5 Å². The van der Waals surface area contributed by atoms with Gasteiger partial charge >= 0.3 is 0 Å². The van der Waals surface area contributed by atoms with Gasteiger partial charge in [-0.25, -0.2) is 0 Å². The summed E-state index contributed by atoms with van der Waals surface area (Å²) in [5.74, 6) is 0. The van der Waals surface area contributed by atoms with Crippen molar-refractivity contribution >= 4 is 17.3 Å². The monoisotopic (exact) mass is 190 g/mol. The van der Waals surface area contributed by atoms with Crippen LogP contribution in [0.3, 0.4) is 0 Å². The van der Waals surface area contributed by atoms with Crippen LogP contribution in [0.25, 0.3) is 0 Å². The Morgan fingerprint density at radius 3 is 2.75 bits per heavy atom. The van der Waals surface area contributed by atoms with Gasteiger partial charge in [0.15, 0.2) is 5.11 Å². The summed E-state index contributed by atoms with van der Waals surface area (Å²) in [6, 6.07) is 0.438. The topological polar surface area (TPSA) is 33.3 Å². The SMILES string of the molecule is CC[C@H](C)NC(=S)NCCOC. The summed E-state index contributed by atoms with van der Waals surface area (Å²) in [7, 11) is 1.67. The summed E-state index contributed by atoms with van der Waals surface area (Å²) >= 11 is 5.03. The minimum absolute atomic E-state index is 0.438.